The molecule has 4 aromatic rings. The maximum absolute atomic E-state index is 13.1. The predicted molar refractivity (Wildman–Crippen MR) is 114 cm³/mol. The highest BCUT2D eigenvalue weighted by Crippen LogP contribution is 2.28. The number of aliphatic hydroxyl groups is 1. The Morgan fingerprint density at radius 2 is 2.03 bits per heavy atom. The molecule has 1 amide bonds. The van der Waals surface area contributed by atoms with E-state index < -0.39 is 6.10 Å². The lowest BCUT2D eigenvalue weighted by Crippen LogP contribution is -2.28. The number of furan rings is 1. The van der Waals surface area contributed by atoms with Gasteiger partial charge in [-0.2, -0.15) is 5.10 Å². The largest absolute Gasteiger partial charge is 0.467 e. The third kappa shape index (κ3) is 3.71. The number of pyridine rings is 1. The van der Waals surface area contributed by atoms with Crippen molar-refractivity contribution in [1.82, 2.24) is 20.1 Å². The summed E-state index contributed by atoms with van der Waals surface area (Å²) in [6.07, 6.45) is 2.24. The second kappa shape index (κ2) is 8.12. The van der Waals surface area contributed by atoms with E-state index in [9.17, 15) is 9.90 Å². The molecule has 7 heteroatoms. The number of carbonyl (C=O) groups is 1. The molecule has 1 unspecified atom stereocenters. The molecule has 30 heavy (non-hydrogen) atoms. The molecule has 2 N–H and O–H groups in total. The summed E-state index contributed by atoms with van der Waals surface area (Å²) in [5, 5.41) is 18.1. The van der Waals surface area contributed by atoms with Crippen LogP contribution in [0.4, 0.5) is 0 Å². The van der Waals surface area contributed by atoms with Crippen molar-refractivity contribution in [2.75, 3.05) is 6.54 Å². The highest BCUT2D eigenvalue weighted by molar-refractivity contribution is 6.06. The van der Waals surface area contributed by atoms with Crippen LogP contribution in [0.15, 0.2) is 59.3 Å². The van der Waals surface area contributed by atoms with Crippen LogP contribution in [0, 0.1) is 6.92 Å². The number of hydrogen-bond donors (Lipinski definition) is 2. The van der Waals surface area contributed by atoms with Crippen LogP contribution in [0.25, 0.3) is 22.3 Å². The molecule has 0 aliphatic carbocycles. The van der Waals surface area contributed by atoms with Crippen molar-refractivity contribution in [1.29, 1.82) is 0 Å². The number of benzene rings is 1. The summed E-state index contributed by atoms with van der Waals surface area (Å²) in [7, 11) is 0. The first-order valence-electron chi connectivity index (χ1n) is 9.89. The molecule has 7 nitrogen and oxygen atoms in total. The molecule has 0 saturated heterocycles. The summed E-state index contributed by atoms with van der Waals surface area (Å²) in [6, 6.07) is 13.2. The van der Waals surface area contributed by atoms with Crippen molar-refractivity contribution in [3.63, 3.8) is 0 Å². The number of aliphatic hydroxyl groups excluding tert-OH is 1. The smallest absolute Gasteiger partial charge is 0.252 e. The van der Waals surface area contributed by atoms with Gasteiger partial charge >= 0.3 is 0 Å². The number of fused-ring (bicyclic) bond motifs is 1. The van der Waals surface area contributed by atoms with E-state index in [-0.39, 0.29) is 18.5 Å². The quantitative estimate of drug-likeness (QED) is 0.506. The average molecular weight is 404 g/mol. The van der Waals surface area contributed by atoms with Crippen LogP contribution in [-0.2, 0) is 0 Å². The van der Waals surface area contributed by atoms with Crippen molar-refractivity contribution in [3.05, 3.63) is 71.8 Å². The van der Waals surface area contributed by atoms with Crippen LogP contribution >= 0.6 is 0 Å². The third-order valence-electron chi connectivity index (χ3n) is 5.05. The maximum atomic E-state index is 13.1. The summed E-state index contributed by atoms with van der Waals surface area (Å²) >= 11 is 0. The standard InChI is InChI=1S/C23H24N4O3/c1-14(2)27-22-18(12-25-27)17(11-19(26-22)16-8-5-4-7-15(16)3)23(29)24-13-20(28)21-9-6-10-30-21/h4-12,14,20,28H,13H2,1-3H3,(H,24,29). The van der Waals surface area contributed by atoms with Gasteiger partial charge in [-0.1, -0.05) is 24.3 Å². The molecule has 0 aliphatic rings. The number of aromatic nitrogens is 3. The Morgan fingerprint density at radius 3 is 2.73 bits per heavy atom. The van der Waals surface area contributed by atoms with Gasteiger partial charge < -0.3 is 14.8 Å². The topological polar surface area (TPSA) is 93.2 Å². The molecular formula is C23H24N4O3. The van der Waals surface area contributed by atoms with Crippen LogP contribution in [0.2, 0.25) is 0 Å². The lowest BCUT2D eigenvalue weighted by molar-refractivity contribution is 0.0902. The number of rotatable bonds is 6. The summed E-state index contributed by atoms with van der Waals surface area (Å²) in [5.74, 6) is 0.106. The first-order valence-corrected chi connectivity index (χ1v) is 9.89. The van der Waals surface area contributed by atoms with E-state index in [1.165, 1.54) is 6.26 Å². The number of carbonyl (C=O) groups excluding carboxylic acids is 1. The molecule has 0 spiro atoms. The lowest BCUT2D eigenvalue weighted by Gasteiger charge is -2.13. The Balaban J connectivity index is 1.74. The molecule has 1 atom stereocenters. The number of amides is 1. The van der Waals surface area contributed by atoms with Gasteiger partial charge in [-0.25, -0.2) is 9.67 Å². The van der Waals surface area contributed by atoms with Crippen molar-refractivity contribution in [2.24, 2.45) is 0 Å². The summed E-state index contributed by atoms with van der Waals surface area (Å²) in [6.45, 7) is 6.09. The van der Waals surface area contributed by atoms with Gasteiger partial charge in [0.2, 0.25) is 0 Å². The first kappa shape index (κ1) is 19.8. The molecule has 3 aromatic heterocycles. The Labute approximate surface area is 174 Å². The van der Waals surface area contributed by atoms with Gasteiger partial charge in [-0.3, -0.25) is 4.79 Å². The molecular weight excluding hydrogens is 380 g/mol. The van der Waals surface area contributed by atoms with Gasteiger partial charge in [0, 0.05) is 11.6 Å². The van der Waals surface area contributed by atoms with E-state index in [1.807, 2.05) is 49.7 Å². The maximum Gasteiger partial charge on any atom is 0.252 e. The van der Waals surface area contributed by atoms with Crippen molar-refractivity contribution >= 4 is 16.9 Å². The number of nitrogens with zero attached hydrogens (tertiary/aromatic N) is 3. The van der Waals surface area contributed by atoms with Crippen LogP contribution in [0.1, 0.15) is 47.7 Å². The number of nitrogens with one attached hydrogen (secondary N) is 1. The van der Waals surface area contributed by atoms with E-state index in [0.717, 1.165) is 11.1 Å². The number of aryl methyl sites for hydroxylation is 1. The Bertz CT molecular complexity index is 1180. The summed E-state index contributed by atoms with van der Waals surface area (Å²) in [4.78, 5) is 17.9. The summed E-state index contributed by atoms with van der Waals surface area (Å²) < 4.78 is 7.01. The van der Waals surface area contributed by atoms with E-state index in [4.69, 9.17) is 9.40 Å². The minimum Gasteiger partial charge on any atom is -0.467 e. The predicted octanol–water partition coefficient (Wildman–Crippen LogP) is 4.04. The first-order chi connectivity index (χ1) is 14.5. The Morgan fingerprint density at radius 1 is 1.23 bits per heavy atom. The van der Waals surface area contributed by atoms with Crippen LogP contribution < -0.4 is 5.32 Å². The molecule has 0 bridgehead atoms. The molecule has 154 valence electrons. The zero-order valence-corrected chi connectivity index (χ0v) is 17.2. The van der Waals surface area contributed by atoms with Crippen LogP contribution in [0.5, 0.6) is 0 Å². The van der Waals surface area contributed by atoms with Gasteiger partial charge in [-0.05, 0) is 44.5 Å². The van der Waals surface area contributed by atoms with Gasteiger partial charge in [0.1, 0.15) is 11.9 Å². The average Bonchev–Trinajstić information content (AvgIpc) is 3.41. The van der Waals surface area contributed by atoms with Crippen molar-refractivity contribution < 1.29 is 14.3 Å². The SMILES string of the molecule is Cc1ccccc1-c1cc(C(=O)NCC(O)c2ccco2)c2cnn(C(C)C)c2n1. The van der Waals surface area contributed by atoms with Gasteiger partial charge in [0.25, 0.3) is 5.91 Å². The fraction of sp³-hybridized carbons (Fsp3) is 0.261. The zero-order chi connectivity index (χ0) is 21.3. The Hall–Kier alpha value is -3.45. The molecule has 4 rings (SSSR count). The summed E-state index contributed by atoms with van der Waals surface area (Å²) in [5.41, 5.74) is 3.86. The molecule has 3 heterocycles. The zero-order valence-electron chi connectivity index (χ0n) is 17.2. The Kier molecular flexibility index (Phi) is 5.37. The van der Waals surface area contributed by atoms with E-state index in [0.29, 0.717) is 28.1 Å². The van der Waals surface area contributed by atoms with E-state index >= 15 is 0 Å². The molecule has 0 radical (unpaired) electrons. The fourth-order valence-corrected chi connectivity index (χ4v) is 3.45. The van der Waals surface area contributed by atoms with Gasteiger partial charge in [0.05, 0.1) is 35.6 Å². The van der Waals surface area contributed by atoms with Crippen LogP contribution in [-0.4, -0.2) is 32.3 Å². The van der Waals surface area contributed by atoms with Crippen molar-refractivity contribution in [3.8, 4) is 11.3 Å². The minimum absolute atomic E-state index is 0.0359. The second-order valence-electron chi connectivity index (χ2n) is 7.53. The van der Waals surface area contributed by atoms with Gasteiger partial charge in [0.15, 0.2) is 5.65 Å². The normalized spacial score (nSPS) is 12.4. The van der Waals surface area contributed by atoms with E-state index in [1.54, 1.807) is 24.4 Å². The second-order valence-corrected chi connectivity index (χ2v) is 7.53. The molecule has 0 aliphatic heterocycles. The minimum atomic E-state index is -0.921. The van der Waals surface area contributed by atoms with Crippen LogP contribution in [0.3, 0.4) is 0 Å². The fourth-order valence-electron chi connectivity index (χ4n) is 3.45. The van der Waals surface area contributed by atoms with E-state index in [2.05, 4.69) is 10.4 Å². The highest BCUT2D eigenvalue weighted by Gasteiger charge is 2.20. The van der Waals surface area contributed by atoms with Crippen molar-refractivity contribution in [2.45, 2.75) is 32.9 Å². The molecule has 0 saturated carbocycles. The lowest BCUT2D eigenvalue weighted by atomic mass is 10.0. The molecule has 0 fully saturated rings. The number of hydrogen-bond acceptors (Lipinski definition) is 5. The molecule has 1 aromatic carbocycles. The monoisotopic (exact) mass is 404 g/mol. The van der Waals surface area contributed by atoms with Gasteiger partial charge in [-0.15, -0.1) is 0 Å². The highest BCUT2D eigenvalue weighted by atomic mass is 16.4. The third-order valence-corrected chi connectivity index (χ3v) is 5.05.